The van der Waals surface area contributed by atoms with Crippen LogP contribution in [0.25, 0.3) is 11.1 Å². The summed E-state index contributed by atoms with van der Waals surface area (Å²) in [4.78, 5) is 19.6. The van der Waals surface area contributed by atoms with Crippen molar-refractivity contribution in [2.75, 3.05) is 11.9 Å². The molecule has 0 radical (unpaired) electrons. The molecule has 170 valence electrons. The second-order valence-electron chi connectivity index (χ2n) is 6.62. The number of carbonyl (C=O) groups is 1. The van der Waals surface area contributed by atoms with Crippen molar-refractivity contribution in [3.05, 3.63) is 42.2 Å². The molecular weight excluding hydrogens is 392 g/mol. The maximum absolute atomic E-state index is 11.2. The Labute approximate surface area is 185 Å². The number of nitrogens with zero attached hydrogens (tertiary/aromatic N) is 2. The average Bonchev–Trinajstić information content (AvgIpc) is 3.21. The zero-order valence-corrected chi connectivity index (χ0v) is 19.6. The number of anilines is 1. The lowest BCUT2D eigenvalue weighted by molar-refractivity contribution is 0.0995. The summed E-state index contributed by atoms with van der Waals surface area (Å²) in [6, 6.07) is 9.04. The Morgan fingerprint density at radius 3 is 2.55 bits per heavy atom. The van der Waals surface area contributed by atoms with E-state index in [4.69, 9.17) is 14.9 Å². The van der Waals surface area contributed by atoms with Gasteiger partial charge >= 0.3 is 0 Å². The molecule has 7 heteroatoms. The number of rotatable bonds is 9. The molecule has 1 unspecified atom stereocenters. The van der Waals surface area contributed by atoms with E-state index < -0.39 is 5.91 Å². The van der Waals surface area contributed by atoms with Gasteiger partial charge in [-0.25, -0.2) is 0 Å². The topological polar surface area (TPSA) is 103 Å². The lowest BCUT2D eigenvalue weighted by atomic mass is 10.1. The molecule has 0 bridgehead atoms. The minimum atomic E-state index is -0.602. The maximum Gasteiger partial charge on any atom is 0.295 e. The number of fused-ring (bicyclic) bond motifs is 1. The Bertz CT molecular complexity index is 924. The summed E-state index contributed by atoms with van der Waals surface area (Å²) in [5.74, 6) is 1.00. The third-order valence-electron chi connectivity index (χ3n) is 4.23. The van der Waals surface area contributed by atoms with Crippen LogP contribution < -0.4 is 15.8 Å². The molecule has 0 saturated carbocycles. The van der Waals surface area contributed by atoms with Crippen LogP contribution in [0.3, 0.4) is 0 Å². The Balaban J connectivity index is 0.00000113. The Morgan fingerprint density at radius 1 is 1.16 bits per heavy atom. The van der Waals surface area contributed by atoms with E-state index in [9.17, 15) is 4.79 Å². The van der Waals surface area contributed by atoms with E-state index in [2.05, 4.69) is 29.1 Å². The van der Waals surface area contributed by atoms with Gasteiger partial charge in [0, 0.05) is 24.9 Å². The van der Waals surface area contributed by atoms with E-state index in [-0.39, 0.29) is 5.69 Å². The van der Waals surface area contributed by atoms with E-state index in [0.717, 1.165) is 12.1 Å². The fraction of sp³-hybridized carbons (Fsp3) is 0.458. The highest BCUT2D eigenvalue weighted by Gasteiger charge is 2.10. The van der Waals surface area contributed by atoms with Crippen molar-refractivity contribution >= 4 is 23.0 Å². The number of hydrogen-bond donors (Lipinski definition) is 2. The molecule has 1 aromatic carbocycles. The van der Waals surface area contributed by atoms with Crippen LogP contribution in [0.15, 0.2) is 40.9 Å². The number of primary amides is 1. The van der Waals surface area contributed by atoms with Gasteiger partial charge in [-0.1, -0.05) is 54.4 Å². The standard InChI is InChI=1S/C20H24N4O3.2C2H6/c1-3-4-5-13(2)12-23-20-24-16-7-6-14(11-18(16)27-20)26-15-8-9-22-17(10-15)19(21)25;2*1-2/h6-11,13H,3-5,12H2,1-2H3,(H2,21,25)(H,23,24);2*1-2H3. The smallest absolute Gasteiger partial charge is 0.295 e. The molecular formula is C24H36N4O3. The van der Waals surface area contributed by atoms with E-state index in [1.165, 1.54) is 31.5 Å². The largest absolute Gasteiger partial charge is 0.457 e. The number of pyridine rings is 1. The van der Waals surface area contributed by atoms with Crippen molar-refractivity contribution in [2.24, 2.45) is 11.7 Å². The number of ether oxygens (including phenoxy) is 1. The second kappa shape index (κ2) is 14.0. The molecule has 31 heavy (non-hydrogen) atoms. The monoisotopic (exact) mass is 428 g/mol. The van der Waals surface area contributed by atoms with Crippen LogP contribution in [-0.4, -0.2) is 22.4 Å². The first-order chi connectivity index (χ1) is 15.0. The van der Waals surface area contributed by atoms with Gasteiger partial charge in [0.15, 0.2) is 5.58 Å². The van der Waals surface area contributed by atoms with E-state index in [0.29, 0.717) is 29.0 Å². The van der Waals surface area contributed by atoms with Crippen molar-refractivity contribution in [3.63, 3.8) is 0 Å². The van der Waals surface area contributed by atoms with Crippen LogP contribution in [0.4, 0.5) is 6.01 Å². The number of nitrogens with two attached hydrogens (primary N) is 1. The van der Waals surface area contributed by atoms with Crippen molar-refractivity contribution in [1.82, 2.24) is 9.97 Å². The summed E-state index contributed by atoms with van der Waals surface area (Å²) in [6.07, 6.45) is 5.09. The highest BCUT2D eigenvalue weighted by molar-refractivity contribution is 5.91. The molecule has 0 saturated heterocycles. The van der Waals surface area contributed by atoms with E-state index in [1.54, 1.807) is 18.2 Å². The van der Waals surface area contributed by atoms with Crippen LogP contribution in [0.1, 0.15) is 71.3 Å². The summed E-state index contributed by atoms with van der Waals surface area (Å²) < 4.78 is 11.5. The third kappa shape index (κ3) is 8.28. The van der Waals surface area contributed by atoms with Gasteiger partial charge < -0.3 is 20.2 Å². The van der Waals surface area contributed by atoms with Crippen molar-refractivity contribution < 1.29 is 13.9 Å². The summed E-state index contributed by atoms with van der Waals surface area (Å²) in [7, 11) is 0. The van der Waals surface area contributed by atoms with Gasteiger partial charge in [-0.3, -0.25) is 9.78 Å². The molecule has 0 fully saturated rings. The lowest BCUT2D eigenvalue weighted by Gasteiger charge is -2.10. The van der Waals surface area contributed by atoms with E-state index >= 15 is 0 Å². The first-order valence-electron chi connectivity index (χ1n) is 11.1. The lowest BCUT2D eigenvalue weighted by Crippen LogP contribution is -2.12. The van der Waals surface area contributed by atoms with Gasteiger partial charge in [0.2, 0.25) is 0 Å². The van der Waals surface area contributed by atoms with Gasteiger partial charge in [0.1, 0.15) is 22.7 Å². The average molecular weight is 429 g/mol. The summed E-state index contributed by atoms with van der Waals surface area (Å²) >= 11 is 0. The van der Waals surface area contributed by atoms with Crippen LogP contribution in [0.5, 0.6) is 11.5 Å². The molecule has 3 aromatic rings. The highest BCUT2D eigenvalue weighted by atomic mass is 16.5. The maximum atomic E-state index is 11.2. The number of nitrogens with one attached hydrogen (secondary N) is 1. The van der Waals surface area contributed by atoms with Crippen LogP contribution >= 0.6 is 0 Å². The molecule has 0 spiro atoms. The number of carbonyl (C=O) groups excluding carboxylic acids is 1. The molecule has 0 aliphatic carbocycles. The number of unbranched alkanes of at least 4 members (excludes halogenated alkanes) is 1. The van der Waals surface area contributed by atoms with Gasteiger partial charge in [-0.2, -0.15) is 4.98 Å². The zero-order chi connectivity index (χ0) is 23.2. The minimum absolute atomic E-state index is 0.150. The number of hydrogen-bond acceptors (Lipinski definition) is 6. The minimum Gasteiger partial charge on any atom is -0.457 e. The summed E-state index contributed by atoms with van der Waals surface area (Å²) in [5, 5.41) is 3.25. The number of amides is 1. The zero-order valence-electron chi connectivity index (χ0n) is 19.6. The van der Waals surface area contributed by atoms with Crippen LogP contribution in [-0.2, 0) is 0 Å². The Morgan fingerprint density at radius 2 is 1.87 bits per heavy atom. The quantitative estimate of drug-likeness (QED) is 0.408. The predicted molar refractivity (Wildman–Crippen MR) is 127 cm³/mol. The highest BCUT2D eigenvalue weighted by Crippen LogP contribution is 2.27. The number of aromatic nitrogens is 2. The molecule has 3 rings (SSSR count). The first-order valence-corrected chi connectivity index (χ1v) is 11.1. The van der Waals surface area contributed by atoms with Gasteiger partial charge in [-0.05, 0) is 30.5 Å². The van der Waals surface area contributed by atoms with Crippen LogP contribution in [0.2, 0.25) is 0 Å². The Kier molecular flexibility index (Phi) is 11.7. The normalized spacial score (nSPS) is 10.9. The number of benzene rings is 1. The summed E-state index contributed by atoms with van der Waals surface area (Å²) in [6.45, 7) is 13.2. The van der Waals surface area contributed by atoms with E-state index in [1.807, 2.05) is 33.8 Å². The number of oxazole rings is 1. The third-order valence-corrected chi connectivity index (χ3v) is 4.23. The molecule has 0 aliphatic rings. The molecule has 3 N–H and O–H groups in total. The van der Waals surface area contributed by atoms with Gasteiger partial charge in [0.25, 0.3) is 11.9 Å². The first kappa shape index (κ1) is 25.9. The summed E-state index contributed by atoms with van der Waals surface area (Å²) in [5.41, 5.74) is 6.77. The predicted octanol–water partition coefficient (Wildman–Crippen LogP) is 6.40. The molecule has 1 atom stereocenters. The molecule has 0 aliphatic heterocycles. The molecule has 1 amide bonds. The van der Waals surface area contributed by atoms with Crippen LogP contribution in [0, 0.1) is 5.92 Å². The molecule has 7 nitrogen and oxygen atoms in total. The SMILES string of the molecule is CC.CC.CCCCC(C)CNc1nc2ccc(Oc3ccnc(C(N)=O)c3)cc2o1. The van der Waals surface area contributed by atoms with Crippen molar-refractivity contribution in [1.29, 1.82) is 0 Å². The molecule has 2 aromatic heterocycles. The van der Waals surface area contributed by atoms with Gasteiger partial charge in [-0.15, -0.1) is 0 Å². The van der Waals surface area contributed by atoms with Crippen molar-refractivity contribution in [2.45, 2.75) is 60.8 Å². The fourth-order valence-corrected chi connectivity index (χ4v) is 2.71. The Hall–Kier alpha value is -3.09. The fourth-order valence-electron chi connectivity index (χ4n) is 2.71. The van der Waals surface area contributed by atoms with Crippen molar-refractivity contribution in [3.8, 4) is 11.5 Å². The van der Waals surface area contributed by atoms with Gasteiger partial charge in [0.05, 0.1) is 0 Å². The second-order valence-corrected chi connectivity index (χ2v) is 6.62. The molecule has 2 heterocycles.